The summed E-state index contributed by atoms with van der Waals surface area (Å²) in [7, 11) is 0. The largest absolute Gasteiger partial charge is 0.427 e. The summed E-state index contributed by atoms with van der Waals surface area (Å²) in [4.78, 5) is 7.97. The number of aromatic nitrogens is 2. The number of ether oxygens (including phenoxy) is 1. The smallest absolute Gasteiger partial charge is 0.220 e. The molecule has 0 atom stereocenters. The van der Waals surface area contributed by atoms with Gasteiger partial charge in [-0.3, -0.25) is 4.98 Å². The van der Waals surface area contributed by atoms with Gasteiger partial charge in [-0.15, -0.1) is 0 Å². The molecule has 2 aromatic rings. The Hall–Kier alpha value is -1.81. The summed E-state index contributed by atoms with van der Waals surface area (Å²) < 4.78 is 5.38. The van der Waals surface area contributed by atoms with Crippen LogP contribution in [0, 0.1) is 0 Å². The zero-order valence-electron chi connectivity index (χ0n) is 7.83. The zero-order chi connectivity index (χ0) is 10.5. The Morgan fingerprint density at radius 2 is 2.07 bits per heavy atom. The minimum absolute atomic E-state index is 0.377. The van der Waals surface area contributed by atoms with Gasteiger partial charge >= 0.3 is 0 Å². The second-order valence-electron chi connectivity index (χ2n) is 2.80. The Bertz CT molecular complexity index is 445. The summed E-state index contributed by atoms with van der Waals surface area (Å²) in [6.07, 6.45) is 5.00. The Morgan fingerprint density at radius 1 is 1.13 bits per heavy atom. The maximum atomic E-state index is 5.38. The van der Waals surface area contributed by atoms with Crippen molar-refractivity contribution in [2.75, 3.05) is 0 Å². The molecular formula is C11H8N2OS. The normalized spacial score (nSPS) is 9.60. The van der Waals surface area contributed by atoms with Gasteiger partial charge in [-0.1, -0.05) is 6.07 Å². The van der Waals surface area contributed by atoms with E-state index < -0.39 is 0 Å². The molecule has 0 unspecified atom stereocenters. The molecule has 2 heterocycles. The van der Waals surface area contributed by atoms with Gasteiger partial charge in [0.15, 0.2) is 0 Å². The Kier molecular flexibility index (Phi) is 2.99. The molecule has 0 aliphatic carbocycles. The van der Waals surface area contributed by atoms with E-state index in [9.17, 15) is 0 Å². The van der Waals surface area contributed by atoms with Crippen LogP contribution < -0.4 is 4.74 Å². The monoisotopic (exact) mass is 216 g/mol. The molecule has 2 rings (SSSR count). The van der Waals surface area contributed by atoms with Crippen LogP contribution in [0.5, 0.6) is 5.88 Å². The fraction of sp³-hybridized carbons (Fsp3) is 0. The number of pyridine rings is 2. The number of hydrogen-bond donors (Lipinski definition) is 0. The number of thiocarbonyl (C=S) groups is 1. The van der Waals surface area contributed by atoms with Crippen LogP contribution in [0.25, 0.3) is 0 Å². The predicted octanol–water partition coefficient (Wildman–Crippen LogP) is 2.23. The van der Waals surface area contributed by atoms with Crippen LogP contribution in [-0.2, 0) is 0 Å². The van der Waals surface area contributed by atoms with Crippen molar-refractivity contribution in [3.8, 4) is 5.88 Å². The average molecular weight is 216 g/mol. The van der Waals surface area contributed by atoms with E-state index in [4.69, 9.17) is 17.0 Å². The van der Waals surface area contributed by atoms with Crippen molar-refractivity contribution in [3.05, 3.63) is 54.5 Å². The van der Waals surface area contributed by atoms with E-state index in [-0.39, 0.29) is 0 Å². The third-order valence-corrected chi connectivity index (χ3v) is 2.05. The molecule has 0 saturated heterocycles. The van der Waals surface area contributed by atoms with E-state index in [0.717, 1.165) is 5.56 Å². The minimum atomic E-state index is 0.377. The van der Waals surface area contributed by atoms with Gasteiger partial charge in [0.1, 0.15) is 0 Å². The van der Waals surface area contributed by atoms with Crippen molar-refractivity contribution in [3.63, 3.8) is 0 Å². The van der Waals surface area contributed by atoms with E-state index in [1.54, 1.807) is 24.7 Å². The quantitative estimate of drug-likeness (QED) is 0.721. The standard InChI is InChI=1S/C11H8N2OS/c15-11(9-4-3-6-12-8-9)14-10-5-1-2-7-13-10/h1-8H. The van der Waals surface area contributed by atoms with Gasteiger partial charge in [-0.25, -0.2) is 4.98 Å². The summed E-state index contributed by atoms with van der Waals surface area (Å²) in [5.74, 6) is 0.492. The Balaban J connectivity index is 2.12. The molecule has 0 fully saturated rings. The highest BCUT2D eigenvalue weighted by atomic mass is 32.1. The molecule has 0 bridgehead atoms. The van der Waals surface area contributed by atoms with Crippen LogP contribution in [0.3, 0.4) is 0 Å². The average Bonchev–Trinajstić information content (AvgIpc) is 2.31. The van der Waals surface area contributed by atoms with E-state index >= 15 is 0 Å². The van der Waals surface area contributed by atoms with Crippen molar-refractivity contribution < 1.29 is 4.74 Å². The van der Waals surface area contributed by atoms with Crippen LogP contribution >= 0.6 is 12.2 Å². The third-order valence-electron chi connectivity index (χ3n) is 1.73. The van der Waals surface area contributed by atoms with Gasteiger partial charge in [0.25, 0.3) is 0 Å². The van der Waals surface area contributed by atoms with Crippen LogP contribution in [0.1, 0.15) is 5.56 Å². The fourth-order valence-electron chi connectivity index (χ4n) is 1.04. The summed E-state index contributed by atoms with van der Waals surface area (Å²) in [6.45, 7) is 0. The van der Waals surface area contributed by atoms with Crippen molar-refractivity contribution in [1.82, 2.24) is 9.97 Å². The van der Waals surface area contributed by atoms with Crippen molar-refractivity contribution >= 4 is 17.3 Å². The molecule has 15 heavy (non-hydrogen) atoms. The molecule has 4 heteroatoms. The first-order chi connectivity index (χ1) is 7.36. The molecule has 0 amide bonds. The lowest BCUT2D eigenvalue weighted by atomic mass is 10.3. The lowest BCUT2D eigenvalue weighted by Crippen LogP contribution is -2.07. The van der Waals surface area contributed by atoms with Gasteiger partial charge in [-0.2, -0.15) is 0 Å². The van der Waals surface area contributed by atoms with Crippen LogP contribution in [-0.4, -0.2) is 15.0 Å². The number of hydrogen-bond acceptors (Lipinski definition) is 4. The molecule has 2 aromatic heterocycles. The lowest BCUT2D eigenvalue weighted by molar-refractivity contribution is 0.542. The molecule has 0 N–H and O–H groups in total. The van der Waals surface area contributed by atoms with Gasteiger partial charge in [-0.05, 0) is 30.4 Å². The lowest BCUT2D eigenvalue weighted by Gasteiger charge is -2.04. The topological polar surface area (TPSA) is 35.0 Å². The highest BCUT2D eigenvalue weighted by molar-refractivity contribution is 7.80. The molecule has 0 aromatic carbocycles. The van der Waals surface area contributed by atoms with E-state index in [1.807, 2.05) is 24.3 Å². The summed E-state index contributed by atoms with van der Waals surface area (Å²) in [5, 5.41) is 0.377. The SMILES string of the molecule is S=C(Oc1ccccn1)c1cccnc1. The first-order valence-electron chi connectivity index (χ1n) is 4.39. The fourth-order valence-corrected chi connectivity index (χ4v) is 1.25. The van der Waals surface area contributed by atoms with Crippen LogP contribution in [0.4, 0.5) is 0 Å². The molecule has 0 aliphatic rings. The molecule has 0 saturated carbocycles. The molecule has 74 valence electrons. The van der Waals surface area contributed by atoms with Crippen LogP contribution in [0.2, 0.25) is 0 Å². The van der Waals surface area contributed by atoms with Crippen molar-refractivity contribution in [2.24, 2.45) is 0 Å². The second kappa shape index (κ2) is 4.61. The molecule has 0 radical (unpaired) electrons. The zero-order valence-corrected chi connectivity index (χ0v) is 8.65. The van der Waals surface area contributed by atoms with E-state index in [2.05, 4.69) is 9.97 Å². The molecule has 0 aliphatic heterocycles. The molecular weight excluding hydrogens is 208 g/mol. The maximum Gasteiger partial charge on any atom is 0.220 e. The Morgan fingerprint density at radius 3 is 2.73 bits per heavy atom. The molecule has 0 spiro atoms. The minimum Gasteiger partial charge on any atom is -0.427 e. The molecule has 3 nitrogen and oxygen atoms in total. The second-order valence-corrected chi connectivity index (χ2v) is 3.17. The maximum absolute atomic E-state index is 5.38. The van der Waals surface area contributed by atoms with Gasteiger partial charge in [0, 0.05) is 30.2 Å². The summed E-state index contributed by atoms with van der Waals surface area (Å²) in [5.41, 5.74) is 0.776. The van der Waals surface area contributed by atoms with Crippen molar-refractivity contribution in [1.29, 1.82) is 0 Å². The number of nitrogens with zero attached hydrogens (tertiary/aromatic N) is 2. The van der Waals surface area contributed by atoms with Gasteiger partial charge < -0.3 is 4.74 Å². The predicted molar refractivity (Wildman–Crippen MR) is 60.8 cm³/mol. The summed E-state index contributed by atoms with van der Waals surface area (Å²) >= 11 is 5.10. The van der Waals surface area contributed by atoms with E-state index in [0.29, 0.717) is 10.9 Å². The first kappa shape index (κ1) is 9.73. The van der Waals surface area contributed by atoms with E-state index in [1.165, 1.54) is 0 Å². The third kappa shape index (κ3) is 2.57. The Labute approximate surface area is 92.8 Å². The van der Waals surface area contributed by atoms with Crippen molar-refractivity contribution in [2.45, 2.75) is 0 Å². The number of rotatable bonds is 2. The van der Waals surface area contributed by atoms with Gasteiger partial charge in [0.2, 0.25) is 10.9 Å². The highest BCUT2D eigenvalue weighted by Crippen LogP contribution is 2.08. The first-order valence-corrected chi connectivity index (χ1v) is 4.80. The summed E-state index contributed by atoms with van der Waals surface area (Å²) in [6, 6.07) is 9.07. The van der Waals surface area contributed by atoms with Crippen LogP contribution in [0.15, 0.2) is 48.9 Å². The highest BCUT2D eigenvalue weighted by Gasteiger charge is 2.03. The van der Waals surface area contributed by atoms with Gasteiger partial charge in [0.05, 0.1) is 0 Å².